The normalized spacial score (nSPS) is 13.4. The summed E-state index contributed by atoms with van der Waals surface area (Å²) in [5.41, 5.74) is 0. The van der Waals surface area contributed by atoms with Crippen LogP contribution in [-0.2, 0) is 6.42 Å². The van der Waals surface area contributed by atoms with Crippen molar-refractivity contribution in [1.82, 2.24) is 10.3 Å². The maximum absolute atomic E-state index is 4.28. The van der Waals surface area contributed by atoms with Crippen LogP contribution in [0, 0.1) is 5.92 Å². The van der Waals surface area contributed by atoms with Gasteiger partial charge in [0.2, 0.25) is 0 Å². The summed E-state index contributed by atoms with van der Waals surface area (Å²) < 4.78 is 0. The van der Waals surface area contributed by atoms with Crippen LogP contribution in [0.4, 0.5) is 0 Å². The quantitative estimate of drug-likeness (QED) is 0.784. The van der Waals surface area contributed by atoms with Crippen LogP contribution in [-0.4, -0.2) is 18.1 Å². The largest absolute Gasteiger partial charge is 0.317 e. The molecule has 1 aromatic heterocycles. The SMILES string of the molecule is CNC(CCCc1nccs1)C(C)C. The minimum Gasteiger partial charge on any atom is -0.317 e. The van der Waals surface area contributed by atoms with E-state index >= 15 is 0 Å². The fourth-order valence-electron chi connectivity index (χ4n) is 1.66. The highest BCUT2D eigenvalue weighted by Crippen LogP contribution is 2.12. The third-order valence-corrected chi connectivity index (χ3v) is 3.40. The van der Waals surface area contributed by atoms with Gasteiger partial charge in [-0.15, -0.1) is 11.3 Å². The fraction of sp³-hybridized carbons (Fsp3) is 0.727. The standard InChI is InChI=1S/C11H20N2S/c1-9(2)10(12-3)5-4-6-11-13-7-8-14-11/h7-10,12H,4-6H2,1-3H3. The second-order valence-corrected chi connectivity index (χ2v) is 4.94. The van der Waals surface area contributed by atoms with E-state index in [1.165, 1.54) is 17.8 Å². The fourth-order valence-corrected chi connectivity index (χ4v) is 2.32. The first-order chi connectivity index (χ1) is 6.74. The summed E-state index contributed by atoms with van der Waals surface area (Å²) in [6.45, 7) is 4.54. The molecule has 0 saturated carbocycles. The highest BCUT2D eigenvalue weighted by Gasteiger charge is 2.10. The molecular formula is C11H20N2S. The number of hydrogen-bond acceptors (Lipinski definition) is 3. The molecule has 14 heavy (non-hydrogen) atoms. The molecule has 1 heterocycles. The molecule has 0 amide bonds. The van der Waals surface area contributed by atoms with E-state index < -0.39 is 0 Å². The highest BCUT2D eigenvalue weighted by atomic mass is 32.1. The smallest absolute Gasteiger partial charge is 0.0924 e. The van der Waals surface area contributed by atoms with E-state index in [0.29, 0.717) is 6.04 Å². The van der Waals surface area contributed by atoms with Gasteiger partial charge in [0.05, 0.1) is 5.01 Å². The van der Waals surface area contributed by atoms with Crippen LogP contribution in [0.1, 0.15) is 31.7 Å². The Morgan fingerprint density at radius 1 is 1.50 bits per heavy atom. The van der Waals surface area contributed by atoms with Gasteiger partial charge in [-0.25, -0.2) is 4.98 Å². The summed E-state index contributed by atoms with van der Waals surface area (Å²) in [7, 11) is 2.05. The zero-order valence-electron chi connectivity index (χ0n) is 9.29. The predicted octanol–water partition coefficient (Wildman–Crippen LogP) is 2.71. The number of thiazole rings is 1. The first-order valence-corrected chi connectivity index (χ1v) is 6.17. The van der Waals surface area contributed by atoms with Crippen LogP contribution in [0.15, 0.2) is 11.6 Å². The van der Waals surface area contributed by atoms with Crippen LogP contribution in [0.2, 0.25) is 0 Å². The molecule has 0 spiro atoms. The van der Waals surface area contributed by atoms with E-state index in [2.05, 4.69) is 24.1 Å². The van der Waals surface area contributed by atoms with Gasteiger partial charge in [-0.2, -0.15) is 0 Å². The van der Waals surface area contributed by atoms with E-state index in [0.717, 1.165) is 12.3 Å². The minimum atomic E-state index is 0.648. The zero-order chi connectivity index (χ0) is 10.4. The maximum Gasteiger partial charge on any atom is 0.0924 e. The summed E-state index contributed by atoms with van der Waals surface area (Å²) in [5, 5.41) is 6.68. The van der Waals surface area contributed by atoms with Crippen LogP contribution in [0.3, 0.4) is 0 Å². The molecule has 3 heteroatoms. The lowest BCUT2D eigenvalue weighted by molar-refractivity contribution is 0.393. The Hall–Kier alpha value is -0.410. The molecule has 1 rings (SSSR count). The molecule has 1 N–H and O–H groups in total. The number of aromatic nitrogens is 1. The van der Waals surface area contributed by atoms with Crippen molar-refractivity contribution in [2.24, 2.45) is 5.92 Å². The van der Waals surface area contributed by atoms with Gasteiger partial charge in [0.25, 0.3) is 0 Å². The van der Waals surface area contributed by atoms with Crippen molar-refractivity contribution in [2.75, 3.05) is 7.05 Å². The molecule has 1 atom stereocenters. The van der Waals surface area contributed by atoms with Crippen molar-refractivity contribution >= 4 is 11.3 Å². The monoisotopic (exact) mass is 212 g/mol. The van der Waals surface area contributed by atoms with Crippen molar-refractivity contribution < 1.29 is 0 Å². The third-order valence-electron chi connectivity index (χ3n) is 2.56. The first kappa shape index (κ1) is 11.7. The highest BCUT2D eigenvalue weighted by molar-refractivity contribution is 7.09. The van der Waals surface area contributed by atoms with E-state index in [1.54, 1.807) is 11.3 Å². The Morgan fingerprint density at radius 3 is 2.79 bits per heavy atom. The van der Waals surface area contributed by atoms with Gasteiger partial charge in [0.1, 0.15) is 0 Å². The molecule has 0 aliphatic rings. The summed E-state index contributed by atoms with van der Waals surface area (Å²) in [5.74, 6) is 0.719. The Labute approximate surface area is 90.8 Å². The van der Waals surface area contributed by atoms with Crippen molar-refractivity contribution in [3.05, 3.63) is 16.6 Å². The van der Waals surface area contributed by atoms with Gasteiger partial charge in [-0.05, 0) is 32.2 Å². The van der Waals surface area contributed by atoms with E-state index in [-0.39, 0.29) is 0 Å². The van der Waals surface area contributed by atoms with Gasteiger partial charge in [0.15, 0.2) is 0 Å². The number of nitrogens with zero attached hydrogens (tertiary/aromatic N) is 1. The van der Waals surface area contributed by atoms with E-state index in [4.69, 9.17) is 0 Å². The first-order valence-electron chi connectivity index (χ1n) is 5.29. The van der Waals surface area contributed by atoms with Gasteiger partial charge >= 0.3 is 0 Å². The lowest BCUT2D eigenvalue weighted by Crippen LogP contribution is -2.30. The summed E-state index contributed by atoms with van der Waals surface area (Å²) in [4.78, 5) is 4.28. The van der Waals surface area contributed by atoms with Gasteiger partial charge in [-0.3, -0.25) is 0 Å². The third kappa shape index (κ3) is 3.76. The lowest BCUT2D eigenvalue weighted by atomic mass is 9.99. The molecule has 0 fully saturated rings. The number of hydrogen-bond donors (Lipinski definition) is 1. The Kier molecular flexibility index (Phi) is 5.12. The molecule has 1 unspecified atom stereocenters. The van der Waals surface area contributed by atoms with Gasteiger partial charge in [-0.1, -0.05) is 13.8 Å². The zero-order valence-corrected chi connectivity index (χ0v) is 10.1. The van der Waals surface area contributed by atoms with Crippen molar-refractivity contribution in [2.45, 2.75) is 39.2 Å². The second-order valence-electron chi connectivity index (χ2n) is 3.96. The van der Waals surface area contributed by atoms with E-state index in [9.17, 15) is 0 Å². The molecule has 0 aliphatic carbocycles. The summed E-state index contributed by atoms with van der Waals surface area (Å²) in [6.07, 6.45) is 5.49. The molecule has 1 aromatic rings. The second kappa shape index (κ2) is 6.14. The molecule has 80 valence electrons. The molecule has 0 bridgehead atoms. The summed E-state index contributed by atoms with van der Waals surface area (Å²) in [6, 6.07) is 0.648. The molecule has 0 saturated heterocycles. The summed E-state index contributed by atoms with van der Waals surface area (Å²) >= 11 is 1.76. The van der Waals surface area contributed by atoms with Crippen molar-refractivity contribution in [3.8, 4) is 0 Å². The average Bonchev–Trinajstić information content (AvgIpc) is 2.64. The van der Waals surface area contributed by atoms with E-state index in [1.807, 2.05) is 18.6 Å². The Balaban J connectivity index is 2.20. The Bertz CT molecular complexity index is 231. The molecule has 2 nitrogen and oxygen atoms in total. The number of nitrogens with one attached hydrogen (secondary N) is 1. The number of aryl methyl sites for hydroxylation is 1. The van der Waals surface area contributed by atoms with Gasteiger partial charge in [0, 0.05) is 17.6 Å². The van der Waals surface area contributed by atoms with Crippen LogP contribution >= 0.6 is 11.3 Å². The minimum absolute atomic E-state index is 0.648. The van der Waals surface area contributed by atoms with Crippen LogP contribution in [0.5, 0.6) is 0 Å². The topological polar surface area (TPSA) is 24.9 Å². The molecule has 0 radical (unpaired) electrons. The van der Waals surface area contributed by atoms with Crippen molar-refractivity contribution in [3.63, 3.8) is 0 Å². The van der Waals surface area contributed by atoms with Crippen molar-refractivity contribution in [1.29, 1.82) is 0 Å². The maximum atomic E-state index is 4.28. The van der Waals surface area contributed by atoms with Crippen LogP contribution in [0.25, 0.3) is 0 Å². The predicted molar refractivity (Wildman–Crippen MR) is 62.7 cm³/mol. The Morgan fingerprint density at radius 2 is 2.29 bits per heavy atom. The molecular weight excluding hydrogens is 192 g/mol. The van der Waals surface area contributed by atoms with Crippen LogP contribution < -0.4 is 5.32 Å². The average molecular weight is 212 g/mol. The lowest BCUT2D eigenvalue weighted by Gasteiger charge is -2.19. The van der Waals surface area contributed by atoms with Gasteiger partial charge < -0.3 is 5.32 Å². The molecule has 0 aromatic carbocycles. The molecule has 0 aliphatic heterocycles. The number of rotatable bonds is 6.